The minimum absolute atomic E-state index is 0.00542. The van der Waals surface area contributed by atoms with Gasteiger partial charge in [0.1, 0.15) is 0 Å². The number of aryl methyl sites for hydroxylation is 1. The lowest BCUT2D eigenvalue weighted by molar-refractivity contribution is -0.121. The number of aromatic nitrogens is 1. The molecule has 0 unspecified atom stereocenters. The lowest BCUT2D eigenvalue weighted by atomic mass is 10.1. The smallest absolute Gasteiger partial charge is 0.224 e. The van der Waals surface area contributed by atoms with E-state index in [-0.39, 0.29) is 11.9 Å². The highest BCUT2D eigenvalue weighted by Crippen LogP contribution is 2.39. The van der Waals surface area contributed by atoms with Crippen molar-refractivity contribution in [3.05, 3.63) is 59.3 Å². The van der Waals surface area contributed by atoms with Crippen LogP contribution in [0, 0.1) is 0 Å². The molecular formula is C24H28N2O4. The van der Waals surface area contributed by atoms with Crippen LogP contribution < -0.4 is 14.8 Å². The van der Waals surface area contributed by atoms with Crippen molar-refractivity contribution in [2.24, 2.45) is 0 Å². The first kappa shape index (κ1) is 20.3. The van der Waals surface area contributed by atoms with Gasteiger partial charge < -0.3 is 24.1 Å². The fraction of sp³-hybridized carbons (Fsp3) is 0.375. The number of benzene rings is 2. The second-order valence-corrected chi connectivity index (χ2v) is 7.60. The second-order valence-electron chi connectivity index (χ2n) is 7.60. The van der Waals surface area contributed by atoms with Crippen molar-refractivity contribution < 1.29 is 19.0 Å². The first-order chi connectivity index (χ1) is 14.6. The Hall–Kier alpha value is -2.99. The average molecular weight is 408 g/mol. The molecule has 3 aromatic rings. The normalized spacial score (nSPS) is 15.2. The molecule has 30 heavy (non-hydrogen) atoms. The molecule has 1 aliphatic carbocycles. The summed E-state index contributed by atoms with van der Waals surface area (Å²) in [5.41, 5.74) is 4.47. The number of carbonyl (C=O) groups excluding carboxylic acids is 1. The zero-order valence-corrected chi connectivity index (χ0v) is 17.7. The Bertz CT molecular complexity index is 1060. The molecule has 1 aromatic heterocycles. The van der Waals surface area contributed by atoms with Crippen LogP contribution in [0.4, 0.5) is 0 Å². The van der Waals surface area contributed by atoms with Gasteiger partial charge in [0.2, 0.25) is 5.91 Å². The molecule has 1 N–H and O–H groups in total. The predicted octanol–water partition coefficient (Wildman–Crippen LogP) is 3.65. The van der Waals surface area contributed by atoms with Crippen LogP contribution in [-0.2, 0) is 28.9 Å². The quantitative estimate of drug-likeness (QED) is 0.618. The van der Waals surface area contributed by atoms with Crippen LogP contribution in [0.3, 0.4) is 0 Å². The third-order valence-corrected chi connectivity index (χ3v) is 5.82. The molecule has 2 aromatic carbocycles. The number of hydrogen-bond donors (Lipinski definition) is 1. The molecule has 6 heteroatoms. The highest BCUT2D eigenvalue weighted by Gasteiger charge is 2.26. The summed E-state index contributed by atoms with van der Waals surface area (Å²) in [7, 11) is 4.97. The fourth-order valence-corrected chi connectivity index (χ4v) is 4.34. The number of amides is 1. The lowest BCUT2D eigenvalue weighted by Gasteiger charge is -2.16. The van der Waals surface area contributed by atoms with E-state index in [4.69, 9.17) is 14.2 Å². The van der Waals surface area contributed by atoms with Crippen molar-refractivity contribution in [2.45, 2.75) is 31.8 Å². The number of carbonyl (C=O) groups is 1. The summed E-state index contributed by atoms with van der Waals surface area (Å²) in [5.74, 6) is 1.45. The van der Waals surface area contributed by atoms with Crippen LogP contribution in [0.5, 0.6) is 11.5 Å². The van der Waals surface area contributed by atoms with Crippen molar-refractivity contribution in [1.29, 1.82) is 0 Å². The van der Waals surface area contributed by atoms with Gasteiger partial charge in [-0.15, -0.1) is 0 Å². The molecule has 0 radical (unpaired) electrons. The predicted molar refractivity (Wildman–Crippen MR) is 116 cm³/mol. The van der Waals surface area contributed by atoms with Gasteiger partial charge in [0.15, 0.2) is 11.5 Å². The van der Waals surface area contributed by atoms with Gasteiger partial charge in [0.25, 0.3) is 0 Å². The van der Waals surface area contributed by atoms with Gasteiger partial charge in [0.05, 0.1) is 33.3 Å². The van der Waals surface area contributed by atoms with E-state index < -0.39 is 0 Å². The summed E-state index contributed by atoms with van der Waals surface area (Å²) in [6.07, 6.45) is 4.21. The number of ether oxygens (including phenoxy) is 3. The molecule has 0 spiro atoms. The van der Waals surface area contributed by atoms with Gasteiger partial charge in [0, 0.05) is 30.8 Å². The SMILES string of the molecule is COCCn1cc(CC(=O)N[C@H]2CCc3cc(OC)c(OC)cc32)c2ccccc21. The Kier molecular flexibility index (Phi) is 5.95. The number of methoxy groups -OCH3 is 3. The van der Waals surface area contributed by atoms with E-state index in [1.807, 2.05) is 24.3 Å². The first-order valence-corrected chi connectivity index (χ1v) is 10.2. The number of nitrogens with zero attached hydrogens (tertiary/aromatic N) is 1. The maximum absolute atomic E-state index is 12.9. The highest BCUT2D eigenvalue weighted by atomic mass is 16.5. The van der Waals surface area contributed by atoms with Gasteiger partial charge in [-0.3, -0.25) is 4.79 Å². The minimum Gasteiger partial charge on any atom is -0.493 e. The standard InChI is InChI=1S/C24H28N2O4/c1-28-11-10-26-15-17(18-6-4-5-7-21(18)26)13-24(27)25-20-9-8-16-12-22(29-2)23(30-3)14-19(16)20/h4-7,12,14-15,20H,8-11,13H2,1-3H3,(H,25,27)/t20-/m0/s1. The molecule has 158 valence electrons. The Morgan fingerprint density at radius 1 is 1.13 bits per heavy atom. The molecule has 1 aliphatic rings. The van der Waals surface area contributed by atoms with Crippen molar-refractivity contribution in [3.63, 3.8) is 0 Å². The summed E-state index contributed by atoms with van der Waals surface area (Å²) in [4.78, 5) is 12.9. The van der Waals surface area contributed by atoms with E-state index in [1.54, 1.807) is 21.3 Å². The molecular weight excluding hydrogens is 380 g/mol. The van der Waals surface area contributed by atoms with E-state index >= 15 is 0 Å². The zero-order valence-electron chi connectivity index (χ0n) is 17.7. The van der Waals surface area contributed by atoms with Crippen LogP contribution in [0.2, 0.25) is 0 Å². The molecule has 1 heterocycles. The Morgan fingerprint density at radius 3 is 2.67 bits per heavy atom. The topological polar surface area (TPSA) is 61.7 Å². The summed E-state index contributed by atoms with van der Waals surface area (Å²) in [5, 5.41) is 4.33. The Balaban J connectivity index is 1.52. The number of fused-ring (bicyclic) bond motifs is 2. The summed E-state index contributed by atoms with van der Waals surface area (Å²) < 4.78 is 18.2. The zero-order chi connectivity index (χ0) is 21.1. The van der Waals surface area contributed by atoms with E-state index in [0.717, 1.165) is 47.2 Å². The maximum atomic E-state index is 12.9. The van der Waals surface area contributed by atoms with Crippen LogP contribution in [0.25, 0.3) is 10.9 Å². The molecule has 0 fully saturated rings. The van der Waals surface area contributed by atoms with Crippen molar-refractivity contribution in [1.82, 2.24) is 9.88 Å². The molecule has 1 amide bonds. The number of nitrogens with one attached hydrogen (secondary N) is 1. The number of para-hydroxylation sites is 1. The van der Waals surface area contributed by atoms with Crippen LogP contribution >= 0.6 is 0 Å². The van der Waals surface area contributed by atoms with Gasteiger partial charge >= 0.3 is 0 Å². The molecule has 0 bridgehead atoms. The third-order valence-electron chi connectivity index (χ3n) is 5.82. The first-order valence-electron chi connectivity index (χ1n) is 10.2. The molecule has 4 rings (SSSR count). The van der Waals surface area contributed by atoms with Crippen molar-refractivity contribution in [2.75, 3.05) is 27.9 Å². The molecule has 0 saturated heterocycles. The lowest BCUT2D eigenvalue weighted by Crippen LogP contribution is -2.28. The number of hydrogen-bond acceptors (Lipinski definition) is 4. The monoisotopic (exact) mass is 408 g/mol. The Labute approximate surface area is 176 Å². The number of rotatable bonds is 8. The third kappa shape index (κ3) is 3.87. The molecule has 0 saturated carbocycles. The average Bonchev–Trinajstić information content (AvgIpc) is 3.32. The van der Waals surface area contributed by atoms with Gasteiger partial charge in [-0.25, -0.2) is 0 Å². The van der Waals surface area contributed by atoms with Crippen LogP contribution in [0.15, 0.2) is 42.6 Å². The van der Waals surface area contributed by atoms with Crippen LogP contribution in [-0.4, -0.2) is 38.4 Å². The van der Waals surface area contributed by atoms with Crippen molar-refractivity contribution >= 4 is 16.8 Å². The summed E-state index contributed by atoms with van der Waals surface area (Å²) in [6.45, 7) is 1.39. The van der Waals surface area contributed by atoms with E-state index in [0.29, 0.717) is 18.8 Å². The minimum atomic E-state index is -0.00542. The summed E-state index contributed by atoms with van der Waals surface area (Å²) in [6, 6.07) is 12.2. The maximum Gasteiger partial charge on any atom is 0.224 e. The van der Waals surface area contributed by atoms with Gasteiger partial charge in [-0.2, -0.15) is 0 Å². The molecule has 1 atom stereocenters. The Morgan fingerprint density at radius 2 is 1.90 bits per heavy atom. The van der Waals surface area contributed by atoms with E-state index in [1.165, 1.54) is 5.56 Å². The summed E-state index contributed by atoms with van der Waals surface area (Å²) >= 11 is 0. The largest absolute Gasteiger partial charge is 0.493 e. The van der Waals surface area contributed by atoms with E-state index in [9.17, 15) is 4.79 Å². The van der Waals surface area contributed by atoms with Crippen LogP contribution in [0.1, 0.15) is 29.2 Å². The second kappa shape index (κ2) is 8.79. The van der Waals surface area contributed by atoms with Gasteiger partial charge in [-0.1, -0.05) is 18.2 Å². The van der Waals surface area contributed by atoms with E-state index in [2.05, 4.69) is 28.2 Å². The van der Waals surface area contributed by atoms with Gasteiger partial charge in [-0.05, 0) is 47.7 Å². The van der Waals surface area contributed by atoms with Crippen molar-refractivity contribution in [3.8, 4) is 11.5 Å². The molecule has 6 nitrogen and oxygen atoms in total. The molecule has 0 aliphatic heterocycles. The fourth-order valence-electron chi connectivity index (χ4n) is 4.34. The highest BCUT2D eigenvalue weighted by molar-refractivity contribution is 5.89.